The van der Waals surface area contributed by atoms with Gasteiger partial charge in [-0.3, -0.25) is 0 Å². The van der Waals surface area contributed by atoms with Crippen molar-refractivity contribution in [3.05, 3.63) is 71.1 Å². The SMILES string of the molecule is Cc1ccc(C)c(S(=O)(=O)c2nnn3c2nc(N2CCN(c4ccccc4)CC2)c2sccc23)c1. The van der Waals surface area contributed by atoms with Gasteiger partial charge in [-0.15, -0.1) is 16.4 Å². The molecule has 1 aliphatic rings. The molecule has 0 unspecified atom stereocenters. The Bertz CT molecular complexity index is 1650. The highest BCUT2D eigenvalue weighted by molar-refractivity contribution is 7.91. The predicted molar refractivity (Wildman–Crippen MR) is 138 cm³/mol. The van der Waals surface area contributed by atoms with Crippen LogP contribution in [0.5, 0.6) is 0 Å². The zero-order valence-electron chi connectivity index (χ0n) is 19.4. The van der Waals surface area contributed by atoms with Crippen LogP contribution < -0.4 is 9.80 Å². The van der Waals surface area contributed by atoms with Gasteiger partial charge in [0.25, 0.3) is 0 Å². The van der Waals surface area contributed by atoms with Gasteiger partial charge in [0.15, 0.2) is 11.5 Å². The topological polar surface area (TPSA) is 83.7 Å². The summed E-state index contributed by atoms with van der Waals surface area (Å²) in [5, 5.41) is 10.2. The number of fused-ring (bicyclic) bond motifs is 3. The van der Waals surface area contributed by atoms with Gasteiger partial charge in [-0.2, -0.15) is 4.52 Å². The minimum atomic E-state index is -3.90. The summed E-state index contributed by atoms with van der Waals surface area (Å²) in [6.45, 7) is 6.95. The van der Waals surface area contributed by atoms with Crippen molar-refractivity contribution in [2.24, 2.45) is 0 Å². The summed E-state index contributed by atoms with van der Waals surface area (Å²) in [6.07, 6.45) is 0. The third kappa shape index (κ3) is 3.64. The number of aryl methyl sites for hydroxylation is 2. The third-order valence-electron chi connectivity index (χ3n) is 6.49. The third-order valence-corrected chi connectivity index (χ3v) is 9.18. The molecule has 1 saturated heterocycles. The maximum absolute atomic E-state index is 13.7. The van der Waals surface area contributed by atoms with Gasteiger partial charge in [0.2, 0.25) is 14.9 Å². The Balaban J connectivity index is 1.43. The molecule has 0 amide bonds. The molecule has 1 fully saturated rings. The van der Waals surface area contributed by atoms with Gasteiger partial charge in [-0.1, -0.05) is 35.5 Å². The van der Waals surface area contributed by atoms with Gasteiger partial charge in [0.1, 0.15) is 0 Å². The zero-order valence-corrected chi connectivity index (χ0v) is 21.1. The lowest BCUT2D eigenvalue weighted by atomic mass is 10.2. The molecule has 3 aromatic heterocycles. The minimum absolute atomic E-state index is 0.108. The molecule has 1 aliphatic heterocycles. The molecular formula is C25H24N6O2S2. The second-order valence-electron chi connectivity index (χ2n) is 8.78. The Labute approximate surface area is 207 Å². The molecule has 10 heteroatoms. The van der Waals surface area contributed by atoms with E-state index in [-0.39, 0.29) is 15.6 Å². The largest absolute Gasteiger partial charge is 0.368 e. The molecule has 0 radical (unpaired) electrons. The number of hydrogen-bond donors (Lipinski definition) is 0. The van der Waals surface area contributed by atoms with Crippen molar-refractivity contribution in [3.63, 3.8) is 0 Å². The summed E-state index contributed by atoms with van der Waals surface area (Å²) >= 11 is 1.58. The molecule has 0 atom stereocenters. The lowest BCUT2D eigenvalue weighted by molar-refractivity contribution is 0.591. The van der Waals surface area contributed by atoms with E-state index in [1.807, 2.05) is 36.6 Å². The first-order valence-corrected chi connectivity index (χ1v) is 13.8. The molecule has 0 saturated carbocycles. The van der Waals surface area contributed by atoms with Crippen LogP contribution in [0.1, 0.15) is 11.1 Å². The van der Waals surface area contributed by atoms with Crippen molar-refractivity contribution in [3.8, 4) is 0 Å². The van der Waals surface area contributed by atoms with E-state index in [9.17, 15) is 8.42 Å². The molecule has 6 rings (SSSR count). The molecule has 178 valence electrons. The van der Waals surface area contributed by atoms with E-state index in [4.69, 9.17) is 4.98 Å². The van der Waals surface area contributed by atoms with E-state index in [2.05, 4.69) is 44.4 Å². The Kier molecular flexibility index (Phi) is 5.23. The van der Waals surface area contributed by atoms with Crippen molar-refractivity contribution >= 4 is 48.5 Å². The maximum Gasteiger partial charge on any atom is 0.229 e. The van der Waals surface area contributed by atoms with E-state index in [1.54, 1.807) is 28.8 Å². The Morgan fingerprint density at radius 1 is 0.914 bits per heavy atom. The van der Waals surface area contributed by atoms with E-state index in [0.717, 1.165) is 47.8 Å². The Hall–Kier alpha value is -3.50. The van der Waals surface area contributed by atoms with Crippen LogP contribution in [0.4, 0.5) is 11.5 Å². The van der Waals surface area contributed by atoms with Crippen molar-refractivity contribution in [1.29, 1.82) is 0 Å². The van der Waals surface area contributed by atoms with Crippen LogP contribution in [0, 0.1) is 13.8 Å². The van der Waals surface area contributed by atoms with Gasteiger partial charge in [-0.05, 0) is 54.6 Å². The number of nitrogens with zero attached hydrogens (tertiary/aromatic N) is 6. The maximum atomic E-state index is 13.7. The number of anilines is 2. The monoisotopic (exact) mass is 504 g/mol. The molecule has 4 heterocycles. The van der Waals surface area contributed by atoms with E-state index >= 15 is 0 Å². The fourth-order valence-electron chi connectivity index (χ4n) is 4.61. The smallest absolute Gasteiger partial charge is 0.229 e. The number of benzene rings is 2. The first-order valence-electron chi connectivity index (χ1n) is 11.4. The molecule has 0 spiro atoms. The normalized spacial score (nSPS) is 14.8. The van der Waals surface area contributed by atoms with Crippen LogP contribution >= 0.6 is 11.3 Å². The summed E-state index contributed by atoms with van der Waals surface area (Å²) in [4.78, 5) is 9.71. The molecule has 0 bridgehead atoms. The molecule has 35 heavy (non-hydrogen) atoms. The molecule has 0 N–H and O–H groups in total. The van der Waals surface area contributed by atoms with Gasteiger partial charge >= 0.3 is 0 Å². The predicted octanol–water partition coefficient (Wildman–Crippen LogP) is 4.12. The van der Waals surface area contributed by atoms with Crippen molar-refractivity contribution in [2.45, 2.75) is 23.8 Å². The fraction of sp³-hybridized carbons (Fsp3) is 0.240. The fourth-order valence-corrected chi connectivity index (χ4v) is 7.06. The van der Waals surface area contributed by atoms with Crippen molar-refractivity contribution in [1.82, 2.24) is 19.8 Å². The summed E-state index contributed by atoms with van der Waals surface area (Å²) in [5.41, 5.74) is 3.83. The summed E-state index contributed by atoms with van der Waals surface area (Å²) in [5.74, 6) is 0.787. The lowest BCUT2D eigenvalue weighted by Gasteiger charge is -2.36. The number of aromatic nitrogens is 4. The van der Waals surface area contributed by atoms with Gasteiger partial charge in [0, 0.05) is 31.9 Å². The molecule has 8 nitrogen and oxygen atoms in total. The highest BCUT2D eigenvalue weighted by Gasteiger charge is 2.30. The number of sulfone groups is 1. The second kappa shape index (κ2) is 8.31. The van der Waals surface area contributed by atoms with Crippen LogP contribution in [0.2, 0.25) is 0 Å². The Morgan fingerprint density at radius 2 is 1.66 bits per heavy atom. The van der Waals surface area contributed by atoms with E-state index in [1.165, 1.54) is 5.69 Å². The van der Waals surface area contributed by atoms with Crippen LogP contribution in [-0.2, 0) is 9.84 Å². The highest BCUT2D eigenvalue weighted by Crippen LogP contribution is 2.34. The number of rotatable bonds is 4. The first-order chi connectivity index (χ1) is 16.9. The van der Waals surface area contributed by atoms with Crippen LogP contribution in [0.3, 0.4) is 0 Å². The molecule has 0 aliphatic carbocycles. The summed E-state index contributed by atoms with van der Waals surface area (Å²) < 4.78 is 29.9. The quantitative estimate of drug-likeness (QED) is 0.364. The van der Waals surface area contributed by atoms with Crippen LogP contribution in [-0.4, -0.2) is 54.4 Å². The standard InChI is InChI=1S/C25H24N6O2S2/c1-17-8-9-18(2)21(16-17)35(32,33)25-24-26-23(22-20(10-15-34-22)31(24)28-27-25)30-13-11-29(12-14-30)19-6-4-3-5-7-19/h3-10,15-16H,11-14H2,1-2H3. The average molecular weight is 505 g/mol. The van der Waals surface area contributed by atoms with Crippen molar-refractivity contribution in [2.75, 3.05) is 36.0 Å². The van der Waals surface area contributed by atoms with E-state index in [0.29, 0.717) is 5.56 Å². The molecule has 2 aromatic carbocycles. The second-order valence-corrected chi connectivity index (χ2v) is 11.5. The number of thiophene rings is 1. The van der Waals surface area contributed by atoms with E-state index < -0.39 is 9.84 Å². The van der Waals surface area contributed by atoms with Gasteiger partial charge < -0.3 is 9.80 Å². The van der Waals surface area contributed by atoms with Gasteiger partial charge in [0.05, 0.1) is 15.1 Å². The number of para-hydroxylation sites is 1. The van der Waals surface area contributed by atoms with Crippen LogP contribution in [0.25, 0.3) is 15.9 Å². The minimum Gasteiger partial charge on any atom is -0.368 e. The van der Waals surface area contributed by atoms with Crippen LogP contribution in [0.15, 0.2) is 69.9 Å². The lowest BCUT2D eigenvalue weighted by Crippen LogP contribution is -2.46. The molecule has 5 aromatic rings. The number of hydrogen-bond acceptors (Lipinski definition) is 8. The Morgan fingerprint density at radius 3 is 2.43 bits per heavy atom. The molecular weight excluding hydrogens is 480 g/mol. The summed E-state index contributed by atoms with van der Waals surface area (Å²) in [7, 11) is -3.90. The average Bonchev–Trinajstić information content (AvgIpc) is 3.53. The summed E-state index contributed by atoms with van der Waals surface area (Å²) in [6, 6.07) is 17.7. The number of piperazine rings is 1. The highest BCUT2D eigenvalue weighted by atomic mass is 32.2. The zero-order chi connectivity index (χ0) is 24.2. The van der Waals surface area contributed by atoms with Crippen molar-refractivity contribution < 1.29 is 8.42 Å². The van der Waals surface area contributed by atoms with Gasteiger partial charge in [-0.25, -0.2) is 13.4 Å². The first kappa shape index (κ1) is 22.0.